The highest BCUT2D eigenvalue weighted by Gasteiger charge is 2.18. The molecule has 2 aromatic heterocycles. The number of aryl methyl sites for hydroxylation is 1. The number of pyridine rings is 1. The molecule has 0 spiro atoms. The molecule has 0 fully saturated rings. The number of aromatic amines is 1. The Labute approximate surface area is 132 Å². The molecular formula is C13H19N5O4S. The molecule has 0 saturated heterocycles. The SMILES string of the molecule is CCN[C@H](C)CNS(=O)(=O)c1cnc2c(c1)c(=O)[nH]c(=O)n2C. The van der Waals surface area contributed by atoms with Gasteiger partial charge in [0, 0.05) is 25.8 Å². The van der Waals surface area contributed by atoms with Crippen LogP contribution in [0.5, 0.6) is 0 Å². The van der Waals surface area contributed by atoms with Gasteiger partial charge in [-0.1, -0.05) is 6.92 Å². The van der Waals surface area contributed by atoms with Gasteiger partial charge in [-0.25, -0.2) is 22.9 Å². The summed E-state index contributed by atoms with van der Waals surface area (Å²) in [6, 6.07) is 1.17. The van der Waals surface area contributed by atoms with E-state index in [1.165, 1.54) is 13.1 Å². The first-order chi connectivity index (χ1) is 10.8. The molecule has 0 aliphatic carbocycles. The van der Waals surface area contributed by atoms with E-state index in [9.17, 15) is 18.0 Å². The van der Waals surface area contributed by atoms with Crippen LogP contribution in [0.3, 0.4) is 0 Å². The summed E-state index contributed by atoms with van der Waals surface area (Å²) < 4.78 is 28.2. The third-order valence-electron chi connectivity index (χ3n) is 3.37. The van der Waals surface area contributed by atoms with Crippen molar-refractivity contribution in [1.82, 2.24) is 24.6 Å². The zero-order valence-electron chi connectivity index (χ0n) is 13.1. The number of nitrogens with zero attached hydrogens (tertiary/aromatic N) is 2. The summed E-state index contributed by atoms with van der Waals surface area (Å²) in [6.45, 7) is 4.71. The third-order valence-corrected chi connectivity index (χ3v) is 4.76. The van der Waals surface area contributed by atoms with Crippen LogP contribution in [0.1, 0.15) is 13.8 Å². The van der Waals surface area contributed by atoms with Crippen LogP contribution in [-0.4, -0.2) is 42.1 Å². The Morgan fingerprint density at radius 3 is 2.74 bits per heavy atom. The summed E-state index contributed by atoms with van der Waals surface area (Å²) >= 11 is 0. The van der Waals surface area contributed by atoms with Gasteiger partial charge in [-0.3, -0.25) is 14.3 Å². The average molecular weight is 341 g/mol. The zero-order chi connectivity index (χ0) is 17.2. The van der Waals surface area contributed by atoms with Crippen LogP contribution in [0, 0.1) is 0 Å². The monoisotopic (exact) mass is 341 g/mol. The third kappa shape index (κ3) is 3.66. The average Bonchev–Trinajstić information content (AvgIpc) is 2.51. The van der Waals surface area contributed by atoms with Crippen molar-refractivity contribution in [2.24, 2.45) is 7.05 Å². The minimum absolute atomic E-state index is 0.0348. The van der Waals surface area contributed by atoms with Gasteiger partial charge < -0.3 is 5.32 Å². The Kier molecular flexibility index (Phi) is 4.97. The van der Waals surface area contributed by atoms with Crippen molar-refractivity contribution in [3.05, 3.63) is 33.1 Å². The zero-order valence-corrected chi connectivity index (χ0v) is 13.9. The largest absolute Gasteiger partial charge is 0.329 e. The molecule has 23 heavy (non-hydrogen) atoms. The van der Waals surface area contributed by atoms with Crippen molar-refractivity contribution in [2.45, 2.75) is 24.8 Å². The van der Waals surface area contributed by atoms with E-state index in [2.05, 4.69) is 20.0 Å². The number of likely N-dealkylation sites (N-methyl/N-ethyl adjacent to an activating group) is 1. The first kappa shape index (κ1) is 17.3. The maximum absolute atomic E-state index is 12.3. The summed E-state index contributed by atoms with van der Waals surface area (Å²) in [6.07, 6.45) is 1.13. The maximum atomic E-state index is 12.3. The van der Waals surface area contributed by atoms with Gasteiger partial charge in [-0.05, 0) is 19.5 Å². The van der Waals surface area contributed by atoms with Crippen molar-refractivity contribution in [3.63, 3.8) is 0 Å². The van der Waals surface area contributed by atoms with E-state index in [1.54, 1.807) is 0 Å². The second kappa shape index (κ2) is 6.60. The number of fused-ring (bicyclic) bond motifs is 1. The molecule has 0 aliphatic rings. The standard InChI is InChI=1S/C13H19N5O4S/c1-4-14-8(2)6-16-23(21,22)9-5-10-11(15-7-9)18(3)13(20)17-12(10)19/h5,7-8,14,16H,4,6H2,1-3H3,(H,17,19,20)/t8-/m1/s1. The fourth-order valence-electron chi connectivity index (χ4n) is 2.10. The Morgan fingerprint density at radius 2 is 2.09 bits per heavy atom. The molecule has 126 valence electrons. The minimum Gasteiger partial charge on any atom is -0.313 e. The Hall–Kier alpha value is -2.04. The molecule has 10 heteroatoms. The number of rotatable bonds is 6. The van der Waals surface area contributed by atoms with Gasteiger partial charge in [0.2, 0.25) is 10.0 Å². The van der Waals surface area contributed by atoms with Crippen molar-refractivity contribution in [3.8, 4) is 0 Å². The molecular weight excluding hydrogens is 322 g/mol. The van der Waals surface area contributed by atoms with Gasteiger partial charge in [0.1, 0.15) is 10.5 Å². The highest BCUT2D eigenvalue weighted by Crippen LogP contribution is 2.12. The normalized spacial score (nSPS) is 13.3. The second-order valence-electron chi connectivity index (χ2n) is 5.17. The van der Waals surface area contributed by atoms with Crippen LogP contribution in [-0.2, 0) is 17.1 Å². The molecule has 0 unspecified atom stereocenters. The molecule has 0 aliphatic heterocycles. The van der Waals surface area contributed by atoms with E-state index in [0.717, 1.165) is 17.3 Å². The Morgan fingerprint density at radius 1 is 1.39 bits per heavy atom. The quantitative estimate of drug-likeness (QED) is 0.612. The van der Waals surface area contributed by atoms with Crippen molar-refractivity contribution >= 4 is 21.1 Å². The lowest BCUT2D eigenvalue weighted by Gasteiger charge is -2.13. The number of hydrogen-bond donors (Lipinski definition) is 3. The molecule has 3 N–H and O–H groups in total. The van der Waals surface area contributed by atoms with E-state index in [-0.39, 0.29) is 28.5 Å². The molecule has 2 rings (SSSR count). The summed E-state index contributed by atoms with van der Waals surface area (Å²) in [5.74, 6) is 0. The molecule has 0 aromatic carbocycles. The maximum Gasteiger partial charge on any atom is 0.329 e. The summed E-state index contributed by atoms with van der Waals surface area (Å²) in [5, 5.41) is 3.12. The van der Waals surface area contributed by atoms with Crippen LogP contribution in [0.25, 0.3) is 11.0 Å². The first-order valence-electron chi connectivity index (χ1n) is 7.08. The van der Waals surface area contributed by atoms with Crippen LogP contribution in [0.4, 0.5) is 0 Å². The van der Waals surface area contributed by atoms with E-state index in [4.69, 9.17) is 0 Å². The lowest BCUT2D eigenvalue weighted by molar-refractivity contribution is 0.536. The predicted molar refractivity (Wildman–Crippen MR) is 85.9 cm³/mol. The Balaban J connectivity index is 2.41. The van der Waals surface area contributed by atoms with Crippen molar-refractivity contribution < 1.29 is 8.42 Å². The topological polar surface area (TPSA) is 126 Å². The highest BCUT2D eigenvalue weighted by molar-refractivity contribution is 7.89. The summed E-state index contributed by atoms with van der Waals surface area (Å²) in [4.78, 5) is 29.3. The number of hydrogen-bond acceptors (Lipinski definition) is 6. The molecule has 0 bridgehead atoms. The van der Waals surface area contributed by atoms with Gasteiger partial charge in [-0.15, -0.1) is 0 Å². The van der Waals surface area contributed by atoms with Gasteiger partial charge in [0.15, 0.2) is 0 Å². The van der Waals surface area contributed by atoms with Crippen LogP contribution in [0.15, 0.2) is 26.7 Å². The fourth-order valence-corrected chi connectivity index (χ4v) is 3.20. The smallest absolute Gasteiger partial charge is 0.313 e. The predicted octanol–water partition coefficient (Wildman–Crippen LogP) is -1.10. The van der Waals surface area contributed by atoms with E-state index in [1.807, 2.05) is 13.8 Å². The molecule has 0 radical (unpaired) electrons. The minimum atomic E-state index is -3.80. The molecule has 2 aromatic rings. The lowest BCUT2D eigenvalue weighted by atomic mass is 10.3. The van der Waals surface area contributed by atoms with Crippen molar-refractivity contribution in [1.29, 1.82) is 0 Å². The van der Waals surface area contributed by atoms with Gasteiger partial charge in [0.05, 0.1) is 5.39 Å². The van der Waals surface area contributed by atoms with Crippen LogP contribution >= 0.6 is 0 Å². The van der Waals surface area contributed by atoms with Crippen LogP contribution in [0.2, 0.25) is 0 Å². The van der Waals surface area contributed by atoms with Gasteiger partial charge in [-0.2, -0.15) is 0 Å². The van der Waals surface area contributed by atoms with E-state index < -0.39 is 21.3 Å². The van der Waals surface area contributed by atoms with E-state index >= 15 is 0 Å². The molecule has 2 heterocycles. The molecule has 1 atom stereocenters. The van der Waals surface area contributed by atoms with Gasteiger partial charge >= 0.3 is 5.69 Å². The molecule has 9 nitrogen and oxygen atoms in total. The highest BCUT2D eigenvalue weighted by atomic mass is 32.2. The number of sulfonamides is 1. The van der Waals surface area contributed by atoms with Crippen LogP contribution < -0.4 is 21.3 Å². The molecule has 0 saturated carbocycles. The second-order valence-corrected chi connectivity index (χ2v) is 6.94. The number of nitrogens with one attached hydrogen (secondary N) is 3. The number of H-pyrrole nitrogens is 1. The summed E-state index contributed by atoms with van der Waals surface area (Å²) in [5.41, 5.74) is -1.16. The number of aromatic nitrogens is 3. The molecule has 0 amide bonds. The Bertz CT molecular complexity index is 932. The summed E-state index contributed by atoms with van der Waals surface area (Å²) in [7, 11) is -2.35. The fraction of sp³-hybridized carbons (Fsp3) is 0.462. The van der Waals surface area contributed by atoms with Gasteiger partial charge in [0.25, 0.3) is 5.56 Å². The van der Waals surface area contributed by atoms with Crippen molar-refractivity contribution in [2.75, 3.05) is 13.1 Å². The first-order valence-corrected chi connectivity index (χ1v) is 8.56. The van der Waals surface area contributed by atoms with E-state index in [0.29, 0.717) is 0 Å². The lowest BCUT2D eigenvalue weighted by Crippen LogP contribution is -2.38.